The number of pyridine rings is 1. The van der Waals surface area contributed by atoms with E-state index in [0.29, 0.717) is 56.6 Å². The smallest absolute Gasteiger partial charge is 0.309 e. The number of aliphatic carboxylic acids is 1. The minimum Gasteiger partial charge on any atom is -0.497 e. The number of ether oxygens (including phenoxy) is 1. The molecule has 8 heteroatoms. The second-order valence-corrected chi connectivity index (χ2v) is 9.93. The van der Waals surface area contributed by atoms with Crippen LogP contribution >= 0.6 is 11.3 Å². The summed E-state index contributed by atoms with van der Waals surface area (Å²) >= 11 is 1.61. The van der Waals surface area contributed by atoms with Gasteiger partial charge in [0.15, 0.2) is 0 Å². The highest BCUT2D eigenvalue weighted by Gasteiger charge is 2.41. The Morgan fingerprint density at radius 2 is 2.14 bits per heavy atom. The number of nitrogens with zero attached hydrogens (tertiary/aromatic N) is 2. The van der Waals surface area contributed by atoms with E-state index in [1.54, 1.807) is 24.6 Å². The molecule has 35 heavy (non-hydrogen) atoms. The van der Waals surface area contributed by atoms with Crippen LogP contribution in [0.25, 0.3) is 10.9 Å². The summed E-state index contributed by atoms with van der Waals surface area (Å²) in [6.45, 7) is 2.20. The van der Waals surface area contributed by atoms with Crippen molar-refractivity contribution in [3.63, 3.8) is 0 Å². The maximum atomic E-state index is 12.3. The number of methoxy groups -OCH3 is 1. The first-order chi connectivity index (χ1) is 17.0. The van der Waals surface area contributed by atoms with Crippen molar-refractivity contribution in [2.45, 2.75) is 38.3 Å². The molecule has 3 aromatic rings. The number of hydrogen-bond donors (Lipinski definition) is 3. The number of hydrogen-bond acceptors (Lipinski definition) is 7. The van der Waals surface area contributed by atoms with Crippen LogP contribution in [0.3, 0.4) is 0 Å². The number of aliphatic hydroxyl groups excluding tert-OH is 1. The molecule has 1 fully saturated rings. The standard InChI is InChI=1S/C27H31N3O4S/c1-34-20-6-7-23-22(16-20)25(19(17-28)18-29-23)24(31)8-9-27(26(32)33)10-13-30(14-11-27)12-2-4-21-5-3-15-35-21/h3,5-7,15-16,18,24,31H,8-14,17,28H2,1H3,(H,32,33). The number of likely N-dealkylation sites (tertiary alicyclic amines) is 1. The van der Waals surface area contributed by atoms with Gasteiger partial charge in [0.05, 0.1) is 35.6 Å². The second kappa shape index (κ2) is 11.2. The molecule has 1 unspecified atom stereocenters. The van der Waals surface area contributed by atoms with E-state index in [1.165, 1.54) is 0 Å². The number of rotatable bonds is 8. The molecule has 1 atom stereocenters. The van der Waals surface area contributed by atoms with Crippen LogP contribution in [-0.4, -0.2) is 52.8 Å². The fourth-order valence-corrected chi connectivity index (χ4v) is 5.36. The maximum Gasteiger partial charge on any atom is 0.309 e. The Bertz CT molecular complexity index is 1220. The second-order valence-electron chi connectivity index (χ2n) is 8.98. The third-order valence-electron chi connectivity index (χ3n) is 6.95. The molecule has 0 saturated carbocycles. The number of aromatic nitrogens is 1. The number of carboxylic acid groups (broad SMARTS) is 1. The number of nitrogens with two attached hydrogens (primary N) is 1. The van der Waals surface area contributed by atoms with Crippen molar-refractivity contribution in [2.75, 3.05) is 26.7 Å². The number of carboxylic acids is 1. The molecule has 0 amide bonds. The molecular formula is C27H31N3O4S. The molecule has 7 nitrogen and oxygen atoms in total. The molecule has 184 valence electrons. The van der Waals surface area contributed by atoms with Crippen LogP contribution in [-0.2, 0) is 11.3 Å². The Morgan fingerprint density at radius 1 is 1.34 bits per heavy atom. The highest BCUT2D eigenvalue weighted by Crippen LogP contribution is 2.40. The Kier molecular flexibility index (Phi) is 8.04. The Morgan fingerprint density at radius 3 is 2.80 bits per heavy atom. The van der Waals surface area contributed by atoms with Crippen molar-refractivity contribution in [3.8, 4) is 17.6 Å². The first kappa shape index (κ1) is 25.1. The third kappa shape index (κ3) is 5.65. The molecule has 0 radical (unpaired) electrons. The number of fused-ring (bicyclic) bond motifs is 1. The van der Waals surface area contributed by atoms with Gasteiger partial charge in [0.25, 0.3) is 0 Å². The van der Waals surface area contributed by atoms with Gasteiger partial charge < -0.3 is 20.7 Å². The summed E-state index contributed by atoms with van der Waals surface area (Å²) in [5.74, 6) is 6.22. The van der Waals surface area contributed by atoms with E-state index < -0.39 is 17.5 Å². The van der Waals surface area contributed by atoms with Crippen LogP contribution in [0.2, 0.25) is 0 Å². The van der Waals surface area contributed by atoms with Crippen LogP contribution in [0.4, 0.5) is 0 Å². The predicted octanol–water partition coefficient (Wildman–Crippen LogP) is 3.80. The maximum absolute atomic E-state index is 12.3. The van der Waals surface area contributed by atoms with E-state index in [4.69, 9.17) is 10.5 Å². The van der Waals surface area contributed by atoms with E-state index in [-0.39, 0.29) is 6.54 Å². The highest BCUT2D eigenvalue weighted by molar-refractivity contribution is 7.10. The molecule has 0 aliphatic carbocycles. The highest BCUT2D eigenvalue weighted by atomic mass is 32.1. The van der Waals surface area contributed by atoms with Crippen LogP contribution < -0.4 is 10.5 Å². The first-order valence-corrected chi connectivity index (χ1v) is 12.7. The van der Waals surface area contributed by atoms with Crippen molar-refractivity contribution in [3.05, 3.63) is 57.9 Å². The van der Waals surface area contributed by atoms with Gasteiger partial charge in [0.1, 0.15) is 5.75 Å². The molecule has 0 spiro atoms. The minimum absolute atomic E-state index is 0.234. The Hall–Kier alpha value is -2.96. The molecule has 1 aliphatic rings. The topological polar surface area (TPSA) is 109 Å². The summed E-state index contributed by atoms with van der Waals surface area (Å²) < 4.78 is 5.36. The number of carbonyl (C=O) groups is 1. The van der Waals surface area contributed by atoms with E-state index >= 15 is 0 Å². The number of aliphatic hydroxyl groups is 1. The van der Waals surface area contributed by atoms with Crippen LogP contribution in [0, 0.1) is 17.3 Å². The van der Waals surface area contributed by atoms with Crippen molar-refractivity contribution in [2.24, 2.45) is 11.1 Å². The van der Waals surface area contributed by atoms with Gasteiger partial charge >= 0.3 is 5.97 Å². The normalized spacial score (nSPS) is 16.4. The Labute approximate surface area is 209 Å². The largest absolute Gasteiger partial charge is 0.497 e. The summed E-state index contributed by atoms with van der Waals surface area (Å²) in [7, 11) is 1.59. The van der Waals surface area contributed by atoms with Gasteiger partial charge in [0, 0.05) is 31.2 Å². The number of benzene rings is 1. The average molecular weight is 494 g/mol. The van der Waals surface area contributed by atoms with Gasteiger partial charge in [-0.1, -0.05) is 17.9 Å². The van der Waals surface area contributed by atoms with Crippen LogP contribution in [0.1, 0.15) is 47.8 Å². The minimum atomic E-state index is -0.859. The monoisotopic (exact) mass is 493 g/mol. The van der Waals surface area contributed by atoms with E-state index in [2.05, 4.69) is 21.7 Å². The number of thiophene rings is 1. The van der Waals surface area contributed by atoms with Crippen molar-refractivity contribution in [1.29, 1.82) is 0 Å². The molecule has 4 rings (SSSR count). The molecule has 4 N–H and O–H groups in total. The fourth-order valence-electron chi connectivity index (χ4n) is 4.77. The van der Waals surface area contributed by atoms with E-state index in [9.17, 15) is 15.0 Å². The molecule has 1 aromatic carbocycles. The average Bonchev–Trinajstić information content (AvgIpc) is 3.40. The molecule has 3 heterocycles. The van der Waals surface area contributed by atoms with E-state index in [1.807, 2.05) is 35.7 Å². The van der Waals surface area contributed by atoms with Gasteiger partial charge in [-0.05, 0) is 66.5 Å². The lowest BCUT2D eigenvalue weighted by molar-refractivity contribution is -0.153. The van der Waals surface area contributed by atoms with Crippen LogP contribution in [0.5, 0.6) is 5.75 Å². The summed E-state index contributed by atoms with van der Waals surface area (Å²) in [4.78, 5) is 20.0. The lowest BCUT2D eigenvalue weighted by Gasteiger charge is -2.38. The summed E-state index contributed by atoms with van der Waals surface area (Å²) in [6, 6.07) is 9.49. The lowest BCUT2D eigenvalue weighted by atomic mass is 9.74. The first-order valence-electron chi connectivity index (χ1n) is 11.8. The van der Waals surface area contributed by atoms with Crippen molar-refractivity contribution in [1.82, 2.24) is 9.88 Å². The quantitative estimate of drug-likeness (QED) is 0.410. The van der Waals surface area contributed by atoms with E-state index in [0.717, 1.165) is 21.3 Å². The van der Waals surface area contributed by atoms with Gasteiger partial charge in [-0.15, -0.1) is 11.3 Å². The van der Waals surface area contributed by atoms with Gasteiger partial charge in [-0.25, -0.2) is 0 Å². The SMILES string of the molecule is COc1ccc2ncc(CN)c(C(O)CCC3(C(=O)O)CCN(CC#Cc4cccs4)CC3)c2c1. The molecule has 1 saturated heterocycles. The van der Waals surface area contributed by atoms with Gasteiger partial charge in [0.2, 0.25) is 0 Å². The lowest BCUT2D eigenvalue weighted by Crippen LogP contribution is -2.44. The summed E-state index contributed by atoms with van der Waals surface area (Å²) in [5, 5.41) is 24.1. The third-order valence-corrected chi connectivity index (χ3v) is 7.74. The Balaban J connectivity index is 1.46. The fraction of sp³-hybridized carbons (Fsp3) is 0.407. The molecular weight excluding hydrogens is 462 g/mol. The summed E-state index contributed by atoms with van der Waals surface area (Å²) in [5.41, 5.74) is 7.29. The predicted molar refractivity (Wildman–Crippen MR) is 137 cm³/mol. The zero-order valence-corrected chi connectivity index (χ0v) is 20.7. The zero-order chi connectivity index (χ0) is 24.8. The molecule has 0 bridgehead atoms. The van der Waals surface area contributed by atoms with Crippen LogP contribution in [0.15, 0.2) is 41.9 Å². The van der Waals surface area contributed by atoms with Crippen molar-refractivity contribution < 1.29 is 19.7 Å². The number of piperidine rings is 1. The summed E-state index contributed by atoms with van der Waals surface area (Å²) in [6.07, 6.45) is 2.62. The molecule has 2 aromatic heterocycles. The molecule has 1 aliphatic heterocycles. The van der Waals surface area contributed by atoms with Crippen molar-refractivity contribution >= 4 is 28.2 Å². The van der Waals surface area contributed by atoms with Gasteiger partial charge in [-0.3, -0.25) is 14.7 Å². The zero-order valence-electron chi connectivity index (χ0n) is 19.9. The van der Waals surface area contributed by atoms with Gasteiger partial charge in [-0.2, -0.15) is 0 Å².